The maximum atomic E-state index is 12.1. The first-order valence-corrected chi connectivity index (χ1v) is 10.2. The van der Waals surface area contributed by atoms with E-state index in [1.807, 2.05) is 91.0 Å². The minimum Gasteiger partial charge on any atom is -0.455 e. The molecule has 0 atom stereocenters. The van der Waals surface area contributed by atoms with E-state index in [4.69, 9.17) is 4.42 Å². The summed E-state index contributed by atoms with van der Waals surface area (Å²) in [5.74, 6) is 1.61. The van der Waals surface area contributed by atoms with Crippen molar-refractivity contribution in [3.8, 4) is 0 Å². The van der Waals surface area contributed by atoms with Crippen molar-refractivity contribution in [2.45, 2.75) is 4.90 Å². The first-order valence-electron chi connectivity index (χ1n) is 9.24. The Bertz CT molecular complexity index is 1180. The lowest BCUT2D eigenvalue weighted by atomic mass is 10.0. The molecule has 0 N–H and O–H groups in total. The van der Waals surface area contributed by atoms with Gasteiger partial charge >= 0.3 is 0 Å². The zero-order valence-corrected chi connectivity index (χ0v) is 16.4. The molecule has 142 valence electrons. The average Bonchev–Trinajstić information content (AvgIpc) is 2.80. The summed E-state index contributed by atoms with van der Waals surface area (Å²) in [6.45, 7) is 0. The number of carbonyl (C=O) groups excluding carboxylic acids is 1. The predicted octanol–water partition coefficient (Wildman–Crippen LogP) is 5.83. The molecule has 3 nitrogen and oxygen atoms in total. The van der Waals surface area contributed by atoms with Crippen molar-refractivity contribution in [2.24, 2.45) is 0 Å². The van der Waals surface area contributed by atoms with Crippen molar-refractivity contribution in [2.75, 3.05) is 5.75 Å². The summed E-state index contributed by atoms with van der Waals surface area (Å²) in [7, 11) is 0. The first-order chi connectivity index (χ1) is 14.2. The van der Waals surface area contributed by atoms with Gasteiger partial charge in [-0.2, -0.15) is 0 Å². The number of ketones is 1. The van der Waals surface area contributed by atoms with Crippen LogP contribution in [-0.2, 0) is 0 Å². The number of carbonyl (C=O) groups is 1. The van der Waals surface area contributed by atoms with E-state index < -0.39 is 0 Å². The van der Waals surface area contributed by atoms with Gasteiger partial charge in [-0.1, -0.05) is 78.9 Å². The second-order valence-electron chi connectivity index (χ2n) is 6.40. The minimum atomic E-state index is 0.0752. The molecule has 4 heteroatoms. The number of fused-ring (bicyclic) bond motifs is 2. The molecule has 0 saturated heterocycles. The molecule has 0 radical (unpaired) electrons. The van der Waals surface area contributed by atoms with Crippen molar-refractivity contribution in [3.05, 3.63) is 118 Å². The fourth-order valence-electron chi connectivity index (χ4n) is 3.02. The Morgan fingerprint density at radius 3 is 2.03 bits per heavy atom. The Balaban J connectivity index is 0.000000142. The Hall–Kier alpha value is -3.37. The molecule has 0 fully saturated rings. The Labute approximate surface area is 172 Å². The van der Waals surface area contributed by atoms with Crippen molar-refractivity contribution in [1.29, 1.82) is 0 Å². The Kier molecular flexibility index (Phi) is 5.73. The smallest absolute Gasteiger partial charge is 0.206 e. The van der Waals surface area contributed by atoms with Gasteiger partial charge in [-0.05, 0) is 18.2 Å². The van der Waals surface area contributed by atoms with Crippen LogP contribution in [0.5, 0.6) is 0 Å². The summed E-state index contributed by atoms with van der Waals surface area (Å²) in [5.41, 5.74) is 2.21. The number of rotatable bonds is 2. The van der Waals surface area contributed by atoms with E-state index in [0.29, 0.717) is 16.7 Å². The van der Waals surface area contributed by atoms with E-state index in [1.54, 1.807) is 6.07 Å². The van der Waals surface area contributed by atoms with E-state index >= 15 is 0 Å². The number of hydrogen-bond acceptors (Lipinski definition) is 4. The molecule has 0 spiro atoms. The van der Waals surface area contributed by atoms with Crippen molar-refractivity contribution in [3.63, 3.8) is 0 Å². The summed E-state index contributed by atoms with van der Waals surface area (Å²) < 4.78 is 5.66. The number of thioether (sulfide) groups is 1. The molecule has 0 saturated carbocycles. The molecular weight excluding hydrogens is 380 g/mol. The zero-order valence-electron chi connectivity index (χ0n) is 15.6. The molecule has 0 aliphatic carbocycles. The van der Waals surface area contributed by atoms with E-state index in [1.165, 1.54) is 11.8 Å². The molecule has 0 bridgehead atoms. The quantitative estimate of drug-likeness (QED) is 0.399. The number of hydrogen-bond donors (Lipinski definition) is 0. The summed E-state index contributed by atoms with van der Waals surface area (Å²) in [4.78, 5) is 24.6. The van der Waals surface area contributed by atoms with Crippen LogP contribution in [-0.4, -0.2) is 11.5 Å². The van der Waals surface area contributed by atoms with Gasteiger partial charge in [-0.3, -0.25) is 9.59 Å². The van der Waals surface area contributed by atoms with Crippen molar-refractivity contribution in [1.82, 2.24) is 0 Å². The minimum absolute atomic E-state index is 0.0752. The third-order valence-electron chi connectivity index (χ3n) is 4.45. The van der Waals surface area contributed by atoms with Crippen LogP contribution in [0.3, 0.4) is 0 Å². The van der Waals surface area contributed by atoms with E-state index in [9.17, 15) is 9.59 Å². The molecule has 3 aromatic carbocycles. The SMILES string of the molecule is O=C(c1ccccc1)c1ccccc1.O=c1c2c(oc3ccccc13)C=CCS2. The summed E-state index contributed by atoms with van der Waals surface area (Å²) in [6, 6.07) is 26.0. The summed E-state index contributed by atoms with van der Waals surface area (Å²) >= 11 is 1.54. The molecule has 1 aliphatic heterocycles. The highest BCUT2D eigenvalue weighted by Gasteiger charge is 2.14. The lowest BCUT2D eigenvalue weighted by Crippen LogP contribution is -2.08. The van der Waals surface area contributed by atoms with Gasteiger partial charge < -0.3 is 4.42 Å². The third kappa shape index (κ3) is 4.23. The van der Waals surface area contributed by atoms with Gasteiger partial charge in [0.05, 0.1) is 10.3 Å². The number of benzene rings is 3. The molecule has 4 aromatic rings. The Morgan fingerprint density at radius 1 is 0.793 bits per heavy atom. The fourth-order valence-corrected chi connectivity index (χ4v) is 3.87. The lowest BCUT2D eigenvalue weighted by Gasteiger charge is -2.08. The summed E-state index contributed by atoms with van der Waals surface area (Å²) in [6.07, 6.45) is 3.88. The molecule has 5 rings (SSSR count). The molecule has 29 heavy (non-hydrogen) atoms. The van der Waals surface area contributed by atoms with Gasteiger partial charge in [-0.15, -0.1) is 11.8 Å². The van der Waals surface area contributed by atoms with Crippen LogP contribution in [0, 0.1) is 0 Å². The van der Waals surface area contributed by atoms with E-state index in [-0.39, 0.29) is 11.2 Å². The van der Waals surface area contributed by atoms with Crippen LogP contribution in [0.2, 0.25) is 0 Å². The lowest BCUT2D eigenvalue weighted by molar-refractivity contribution is 0.103. The highest BCUT2D eigenvalue weighted by Crippen LogP contribution is 2.28. The van der Waals surface area contributed by atoms with Crippen LogP contribution < -0.4 is 5.43 Å². The molecular formula is C25H18O3S. The fraction of sp³-hybridized carbons (Fsp3) is 0.0400. The molecule has 0 amide bonds. The van der Waals surface area contributed by atoms with Gasteiger partial charge in [0.25, 0.3) is 0 Å². The van der Waals surface area contributed by atoms with Crippen molar-refractivity contribution < 1.29 is 9.21 Å². The Morgan fingerprint density at radius 2 is 1.38 bits per heavy atom. The third-order valence-corrected chi connectivity index (χ3v) is 5.48. The molecule has 2 heterocycles. The maximum absolute atomic E-state index is 12.1. The topological polar surface area (TPSA) is 47.3 Å². The highest BCUT2D eigenvalue weighted by atomic mass is 32.2. The van der Waals surface area contributed by atoms with Gasteiger partial charge in [-0.25, -0.2) is 0 Å². The van der Waals surface area contributed by atoms with Crippen LogP contribution >= 0.6 is 11.8 Å². The maximum Gasteiger partial charge on any atom is 0.206 e. The van der Waals surface area contributed by atoms with E-state index in [2.05, 4.69) is 0 Å². The van der Waals surface area contributed by atoms with Crippen LogP contribution in [0.1, 0.15) is 21.7 Å². The predicted molar refractivity (Wildman–Crippen MR) is 119 cm³/mol. The standard InChI is InChI=1S/C13H10O.C12H8O2S/c14-13(11-7-3-1-4-8-11)12-9-5-2-6-10-12;13-11-8-4-1-2-5-9(8)14-10-6-3-7-15-12(10)11/h1-10H;1-6H,7H2. The zero-order chi connectivity index (χ0) is 20.1. The van der Waals surface area contributed by atoms with Crippen LogP contribution in [0.25, 0.3) is 17.0 Å². The monoisotopic (exact) mass is 398 g/mol. The number of para-hydroxylation sites is 1. The van der Waals surface area contributed by atoms with Crippen LogP contribution in [0.4, 0.5) is 0 Å². The summed E-state index contributed by atoms with van der Waals surface area (Å²) in [5, 5.41) is 0.666. The largest absolute Gasteiger partial charge is 0.455 e. The molecule has 0 unspecified atom stereocenters. The normalized spacial score (nSPS) is 12.0. The molecule has 1 aliphatic rings. The van der Waals surface area contributed by atoms with Crippen molar-refractivity contribution >= 4 is 34.6 Å². The van der Waals surface area contributed by atoms with Gasteiger partial charge in [0.15, 0.2) is 5.78 Å². The second-order valence-corrected chi connectivity index (χ2v) is 7.43. The first kappa shape index (κ1) is 19.0. The van der Waals surface area contributed by atoms with Gasteiger partial charge in [0, 0.05) is 16.9 Å². The van der Waals surface area contributed by atoms with Gasteiger partial charge in [0.1, 0.15) is 11.3 Å². The van der Waals surface area contributed by atoms with Gasteiger partial charge in [0.2, 0.25) is 5.43 Å². The highest BCUT2D eigenvalue weighted by molar-refractivity contribution is 7.99. The molecule has 1 aromatic heterocycles. The van der Waals surface area contributed by atoms with E-state index in [0.717, 1.165) is 21.8 Å². The average molecular weight is 398 g/mol. The van der Waals surface area contributed by atoms with Crippen LogP contribution in [0.15, 0.2) is 105 Å². The second kappa shape index (κ2) is 8.76.